The Kier molecular flexibility index (Phi) is 2.80. The maximum absolute atomic E-state index is 12.0. The highest BCUT2D eigenvalue weighted by atomic mass is 16.4. The lowest BCUT2D eigenvalue weighted by Gasteiger charge is -2.28. The van der Waals surface area contributed by atoms with Crippen molar-refractivity contribution >= 4 is 11.8 Å². The molecule has 4 unspecified atom stereocenters. The van der Waals surface area contributed by atoms with Crippen LogP contribution in [0.25, 0.3) is 0 Å². The molecule has 2 bridgehead atoms. The number of anilines is 1. The number of nitrogens with two attached hydrogens (primary N) is 1. The monoisotopic (exact) mass is 248 g/mol. The molecule has 1 heterocycles. The standard InChI is InChI=1S/C14H20N2O2/c1-8(11-7-9-2-3-10(11)6-9)16-14(17)12-4-5-13(15)18-12/h4-5,8-11H,2-3,6-7,15H2,1H3,(H,16,17). The van der Waals surface area contributed by atoms with Gasteiger partial charge >= 0.3 is 0 Å². The van der Waals surface area contributed by atoms with Gasteiger partial charge < -0.3 is 15.5 Å². The number of carbonyl (C=O) groups excluding carboxylic acids is 1. The van der Waals surface area contributed by atoms with Crippen LogP contribution in [0, 0.1) is 17.8 Å². The van der Waals surface area contributed by atoms with Gasteiger partial charge in [-0.3, -0.25) is 4.79 Å². The molecule has 98 valence electrons. The number of furan rings is 1. The number of amides is 1. The van der Waals surface area contributed by atoms with Gasteiger partial charge in [0.05, 0.1) is 0 Å². The van der Waals surface area contributed by atoms with Gasteiger partial charge in [-0.15, -0.1) is 0 Å². The third kappa shape index (κ3) is 2.00. The van der Waals surface area contributed by atoms with E-state index in [9.17, 15) is 4.79 Å². The number of nitrogens with one attached hydrogen (secondary N) is 1. The van der Waals surface area contributed by atoms with Crippen LogP contribution in [0.2, 0.25) is 0 Å². The van der Waals surface area contributed by atoms with Gasteiger partial charge in [-0.1, -0.05) is 6.42 Å². The van der Waals surface area contributed by atoms with Gasteiger partial charge in [0.1, 0.15) is 0 Å². The summed E-state index contributed by atoms with van der Waals surface area (Å²) in [5.74, 6) is 2.79. The van der Waals surface area contributed by atoms with E-state index in [4.69, 9.17) is 10.2 Å². The third-order valence-electron chi connectivity index (χ3n) is 4.64. The zero-order chi connectivity index (χ0) is 12.7. The molecular formula is C14H20N2O2. The number of fused-ring (bicyclic) bond motifs is 2. The lowest BCUT2D eigenvalue weighted by molar-refractivity contribution is 0.0888. The first kappa shape index (κ1) is 11.6. The highest BCUT2D eigenvalue weighted by molar-refractivity contribution is 5.92. The summed E-state index contributed by atoms with van der Waals surface area (Å²) in [7, 11) is 0. The van der Waals surface area contributed by atoms with Crippen LogP contribution in [0.4, 0.5) is 5.88 Å². The van der Waals surface area contributed by atoms with E-state index in [0.29, 0.717) is 11.7 Å². The molecule has 1 aromatic rings. The molecule has 1 aromatic heterocycles. The third-order valence-corrected chi connectivity index (χ3v) is 4.64. The summed E-state index contributed by atoms with van der Waals surface area (Å²) in [5.41, 5.74) is 5.47. The molecule has 4 heteroatoms. The predicted molar refractivity (Wildman–Crippen MR) is 69.0 cm³/mol. The molecule has 2 aliphatic rings. The topological polar surface area (TPSA) is 68.3 Å². The van der Waals surface area contributed by atoms with Crippen LogP contribution in [-0.2, 0) is 0 Å². The molecule has 3 rings (SSSR count). The second-order valence-electron chi connectivity index (χ2n) is 5.80. The van der Waals surface area contributed by atoms with Gasteiger partial charge in [0, 0.05) is 12.1 Å². The maximum Gasteiger partial charge on any atom is 0.287 e. The molecule has 4 nitrogen and oxygen atoms in total. The van der Waals surface area contributed by atoms with Crippen molar-refractivity contribution < 1.29 is 9.21 Å². The smallest absolute Gasteiger partial charge is 0.287 e. The summed E-state index contributed by atoms with van der Waals surface area (Å²) in [5, 5.41) is 3.05. The molecule has 0 aromatic carbocycles. The van der Waals surface area contributed by atoms with Crippen molar-refractivity contribution in [1.29, 1.82) is 0 Å². The number of nitrogen functional groups attached to an aromatic ring is 1. The first-order chi connectivity index (χ1) is 8.63. The fraction of sp³-hybridized carbons (Fsp3) is 0.643. The predicted octanol–water partition coefficient (Wildman–Crippen LogP) is 2.42. The Labute approximate surface area is 107 Å². The van der Waals surface area contributed by atoms with Crippen LogP contribution < -0.4 is 11.1 Å². The van der Waals surface area contributed by atoms with Gasteiger partial charge in [0.25, 0.3) is 5.91 Å². The van der Waals surface area contributed by atoms with E-state index in [1.807, 2.05) is 0 Å². The fourth-order valence-electron chi connectivity index (χ4n) is 3.77. The summed E-state index contributed by atoms with van der Waals surface area (Å²) >= 11 is 0. The molecule has 0 saturated heterocycles. The molecule has 2 saturated carbocycles. The Morgan fingerprint density at radius 3 is 2.83 bits per heavy atom. The van der Waals surface area contributed by atoms with E-state index in [1.54, 1.807) is 12.1 Å². The van der Waals surface area contributed by atoms with E-state index in [1.165, 1.54) is 25.7 Å². The average Bonchev–Trinajstić information content (AvgIpc) is 3.03. The minimum atomic E-state index is -0.151. The van der Waals surface area contributed by atoms with Crippen molar-refractivity contribution in [3.05, 3.63) is 17.9 Å². The van der Waals surface area contributed by atoms with E-state index in [0.717, 1.165) is 11.8 Å². The summed E-state index contributed by atoms with van der Waals surface area (Å²) < 4.78 is 5.14. The molecule has 3 N–H and O–H groups in total. The van der Waals surface area contributed by atoms with E-state index < -0.39 is 0 Å². The normalized spacial score (nSPS) is 31.5. The Bertz CT molecular complexity index is 454. The lowest BCUT2D eigenvalue weighted by Crippen LogP contribution is -2.39. The van der Waals surface area contributed by atoms with Crippen LogP contribution in [0.5, 0.6) is 0 Å². The van der Waals surface area contributed by atoms with Crippen LogP contribution in [0.1, 0.15) is 43.2 Å². The van der Waals surface area contributed by atoms with Crippen LogP contribution in [-0.4, -0.2) is 11.9 Å². The van der Waals surface area contributed by atoms with Crippen molar-refractivity contribution in [2.24, 2.45) is 17.8 Å². The van der Waals surface area contributed by atoms with E-state index >= 15 is 0 Å². The second-order valence-corrected chi connectivity index (χ2v) is 5.80. The summed E-state index contributed by atoms with van der Waals surface area (Å²) in [6.07, 6.45) is 5.35. The van der Waals surface area contributed by atoms with Crippen LogP contribution in [0.3, 0.4) is 0 Å². The minimum absolute atomic E-state index is 0.151. The summed E-state index contributed by atoms with van der Waals surface area (Å²) in [4.78, 5) is 12.0. The zero-order valence-corrected chi connectivity index (χ0v) is 10.7. The highest BCUT2D eigenvalue weighted by Crippen LogP contribution is 2.49. The van der Waals surface area contributed by atoms with Gasteiger partial charge in [-0.25, -0.2) is 0 Å². The van der Waals surface area contributed by atoms with Gasteiger partial charge in [-0.05, 0) is 50.0 Å². The Morgan fingerprint density at radius 2 is 2.28 bits per heavy atom. The quantitative estimate of drug-likeness (QED) is 0.863. The molecular weight excluding hydrogens is 228 g/mol. The SMILES string of the molecule is CC(NC(=O)c1ccc(N)o1)C1CC2CCC1C2. The van der Waals surface area contributed by atoms with E-state index in [-0.39, 0.29) is 17.8 Å². The maximum atomic E-state index is 12.0. The molecule has 2 aliphatic carbocycles. The molecule has 1 amide bonds. The van der Waals surface area contributed by atoms with Gasteiger partial charge in [0.2, 0.25) is 0 Å². The van der Waals surface area contributed by atoms with E-state index in [2.05, 4.69) is 12.2 Å². The lowest BCUT2D eigenvalue weighted by atomic mass is 9.84. The number of hydrogen-bond donors (Lipinski definition) is 2. The Hall–Kier alpha value is -1.45. The molecule has 0 aliphatic heterocycles. The van der Waals surface area contributed by atoms with Crippen molar-refractivity contribution in [1.82, 2.24) is 5.32 Å². The first-order valence-corrected chi connectivity index (χ1v) is 6.79. The number of rotatable bonds is 3. The first-order valence-electron chi connectivity index (χ1n) is 6.79. The molecule has 0 spiro atoms. The minimum Gasteiger partial charge on any atom is -0.436 e. The molecule has 4 atom stereocenters. The summed E-state index contributed by atoms with van der Waals surface area (Å²) in [6, 6.07) is 3.45. The second kappa shape index (κ2) is 4.34. The molecule has 18 heavy (non-hydrogen) atoms. The summed E-state index contributed by atoms with van der Waals surface area (Å²) in [6.45, 7) is 2.11. The van der Waals surface area contributed by atoms with Crippen LogP contribution >= 0.6 is 0 Å². The van der Waals surface area contributed by atoms with Crippen molar-refractivity contribution in [3.63, 3.8) is 0 Å². The van der Waals surface area contributed by atoms with Gasteiger partial charge in [-0.2, -0.15) is 0 Å². The fourth-order valence-corrected chi connectivity index (χ4v) is 3.77. The number of carbonyl (C=O) groups is 1. The van der Waals surface area contributed by atoms with Crippen molar-refractivity contribution in [2.45, 2.75) is 38.6 Å². The zero-order valence-electron chi connectivity index (χ0n) is 10.7. The Morgan fingerprint density at radius 1 is 1.44 bits per heavy atom. The van der Waals surface area contributed by atoms with Gasteiger partial charge in [0.15, 0.2) is 11.6 Å². The molecule has 2 fully saturated rings. The molecule has 0 radical (unpaired) electrons. The highest BCUT2D eigenvalue weighted by Gasteiger charge is 2.42. The van der Waals surface area contributed by atoms with Crippen molar-refractivity contribution in [2.75, 3.05) is 5.73 Å². The average molecular weight is 248 g/mol. The largest absolute Gasteiger partial charge is 0.436 e. The Balaban J connectivity index is 1.61. The van der Waals surface area contributed by atoms with Crippen molar-refractivity contribution in [3.8, 4) is 0 Å². The van der Waals surface area contributed by atoms with Crippen LogP contribution in [0.15, 0.2) is 16.5 Å². The number of hydrogen-bond acceptors (Lipinski definition) is 3.